The van der Waals surface area contributed by atoms with Gasteiger partial charge < -0.3 is 14.8 Å². The van der Waals surface area contributed by atoms with E-state index in [1.54, 1.807) is 12.1 Å². The molecular weight excluding hydrogens is 340 g/mol. The van der Waals surface area contributed by atoms with Gasteiger partial charge in [-0.25, -0.2) is 8.42 Å². The summed E-state index contributed by atoms with van der Waals surface area (Å²) in [5.74, 6) is 0. The van der Waals surface area contributed by atoms with E-state index in [0.717, 1.165) is 25.1 Å². The van der Waals surface area contributed by atoms with Gasteiger partial charge in [-0.05, 0) is 36.6 Å². The summed E-state index contributed by atoms with van der Waals surface area (Å²) in [6, 6.07) is 7.26. The molecule has 0 spiro atoms. The molecule has 2 aliphatic rings. The number of hydrogen-bond donors (Lipinski definition) is 1. The van der Waals surface area contributed by atoms with Crippen LogP contribution in [0.15, 0.2) is 40.8 Å². The quantitative estimate of drug-likeness (QED) is 0.776. The van der Waals surface area contributed by atoms with Crippen LogP contribution >= 0.6 is 0 Å². The maximum absolute atomic E-state index is 12.8. The highest BCUT2D eigenvalue weighted by Gasteiger charge is 2.26. The van der Waals surface area contributed by atoms with E-state index in [0.29, 0.717) is 37.8 Å². The zero-order valence-corrected chi connectivity index (χ0v) is 15.4. The second-order valence-corrected chi connectivity index (χ2v) is 8.33. The van der Waals surface area contributed by atoms with E-state index in [1.165, 1.54) is 9.88 Å². The van der Waals surface area contributed by atoms with E-state index in [1.807, 2.05) is 19.1 Å². The van der Waals surface area contributed by atoms with Crippen LogP contribution in [0.3, 0.4) is 0 Å². The number of sulfonamides is 1. The molecule has 1 atom stereocenters. The molecular formula is C18H26N2O4S. The van der Waals surface area contributed by atoms with Crippen LogP contribution in [-0.2, 0) is 19.5 Å². The van der Waals surface area contributed by atoms with Gasteiger partial charge in [-0.2, -0.15) is 4.31 Å². The lowest BCUT2D eigenvalue weighted by molar-refractivity contribution is 0.0730. The van der Waals surface area contributed by atoms with Crippen molar-refractivity contribution in [3.8, 4) is 0 Å². The van der Waals surface area contributed by atoms with Crippen LogP contribution in [0.1, 0.15) is 24.9 Å². The van der Waals surface area contributed by atoms with Crippen LogP contribution in [0.25, 0.3) is 0 Å². The molecule has 1 aromatic carbocycles. The van der Waals surface area contributed by atoms with Gasteiger partial charge in [-0.15, -0.1) is 0 Å². The Hall–Kier alpha value is -1.25. The molecule has 0 bridgehead atoms. The Bertz CT molecular complexity index is 712. The lowest BCUT2D eigenvalue weighted by atomic mass is 10.1. The molecule has 1 unspecified atom stereocenters. The van der Waals surface area contributed by atoms with Crippen LogP contribution in [0.4, 0.5) is 0 Å². The third kappa shape index (κ3) is 4.68. The van der Waals surface area contributed by atoms with E-state index >= 15 is 0 Å². The van der Waals surface area contributed by atoms with Gasteiger partial charge in [0.25, 0.3) is 0 Å². The van der Waals surface area contributed by atoms with Gasteiger partial charge in [0.1, 0.15) is 0 Å². The van der Waals surface area contributed by atoms with E-state index in [9.17, 15) is 8.42 Å². The standard InChI is InChI=1S/C18H26N2O4S/c1-15(19-13-16-4-3-9-24-14-16)17-5-2-6-18(12-17)25(21,22)20-7-10-23-11-8-20/h2,4-6,12,15,19H,3,7-11,13-14H2,1H3. The number of nitrogens with zero attached hydrogens (tertiary/aromatic N) is 1. The van der Waals surface area contributed by atoms with Crippen molar-refractivity contribution in [2.45, 2.75) is 24.3 Å². The molecule has 1 fully saturated rings. The number of morpholine rings is 1. The van der Waals surface area contributed by atoms with Gasteiger partial charge in [0.05, 0.1) is 31.3 Å². The van der Waals surface area contributed by atoms with Crippen molar-refractivity contribution in [1.82, 2.24) is 9.62 Å². The number of benzene rings is 1. The molecule has 2 aliphatic heterocycles. The summed E-state index contributed by atoms with van der Waals surface area (Å²) in [5, 5.41) is 3.45. The average Bonchev–Trinajstić information content (AvgIpc) is 2.67. The minimum Gasteiger partial charge on any atom is -0.379 e. The maximum Gasteiger partial charge on any atom is 0.243 e. The molecule has 2 heterocycles. The van der Waals surface area contributed by atoms with Gasteiger partial charge in [0.2, 0.25) is 10.0 Å². The highest BCUT2D eigenvalue weighted by molar-refractivity contribution is 7.89. The molecule has 1 saturated heterocycles. The largest absolute Gasteiger partial charge is 0.379 e. The monoisotopic (exact) mass is 366 g/mol. The molecule has 1 aromatic rings. The van der Waals surface area contributed by atoms with Gasteiger partial charge in [-0.3, -0.25) is 0 Å². The summed E-state index contributed by atoms with van der Waals surface area (Å²) in [7, 11) is -3.46. The molecule has 138 valence electrons. The Morgan fingerprint density at radius 1 is 1.20 bits per heavy atom. The van der Waals surface area contributed by atoms with Gasteiger partial charge in [0.15, 0.2) is 0 Å². The second kappa shape index (κ2) is 8.42. The smallest absolute Gasteiger partial charge is 0.243 e. The van der Waals surface area contributed by atoms with Crippen molar-refractivity contribution in [3.05, 3.63) is 41.5 Å². The fraction of sp³-hybridized carbons (Fsp3) is 0.556. The number of nitrogens with one attached hydrogen (secondary N) is 1. The Balaban J connectivity index is 1.68. The van der Waals surface area contributed by atoms with Crippen LogP contribution in [0.2, 0.25) is 0 Å². The topological polar surface area (TPSA) is 67.9 Å². The Kier molecular flexibility index (Phi) is 6.24. The molecule has 3 rings (SSSR count). The van der Waals surface area contributed by atoms with Crippen molar-refractivity contribution in [2.24, 2.45) is 0 Å². The van der Waals surface area contributed by atoms with Gasteiger partial charge >= 0.3 is 0 Å². The van der Waals surface area contributed by atoms with Crippen molar-refractivity contribution in [2.75, 3.05) is 46.1 Å². The summed E-state index contributed by atoms with van der Waals surface area (Å²) in [6.45, 7) is 5.99. The van der Waals surface area contributed by atoms with E-state index < -0.39 is 10.0 Å². The molecule has 0 amide bonds. The molecule has 0 radical (unpaired) electrons. The first-order valence-corrected chi connectivity index (χ1v) is 10.2. The predicted octanol–water partition coefficient (Wildman–Crippen LogP) is 1.70. The van der Waals surface area contributed by atoms with Gasteiger partial charge in [0, 0.05) is 25.7 Å². The lowest BCUT2D eigenvalue weighted by Gasteiger charge is -2.26. The zero-order valence-electron chi connectivity index (χ0n) is 14.6. The summed E-state index contributed by atoms with van der Waals surface area (Å²) in [5.41, 5.74) is 2.21. The fourth-order valence-corrected chi connectivity index (χ4v) is 4.48. The number of ether oxygens (including phenoxy) is 2. The van der Waals surface area contributed by atoms with Gasteiger partial charge in [-0.1, -0.05) is 18.2 Å². The van der Waals surface area contributed by atoms with E-state index in [2.05, 4.69) is 11.4 Å². The van der Waals surface area contributed by atoms with E-state index in [4.69, 9.17) is 9.47 Å². The maximum atomic E-state index is 12.8. The normalized spacial score (nSPS) is 20.9. The second-order valence-electron chi connectivity index (χ2n) is 6.40. The molecule has 6 nitrogen and oxygen atoms in total. The first-order valence-electron chi connectivity index (χ1n) is 8.74. The molecule has 0 aromatic heterocycles. The average molecular weight is 366 g/mol. The lowest BCUT2D eigenvalue weighted by Crippen LogP contribution is -2.40. The zero-order chi connectivity index (χ0) is 17.7. The third-order valence-corrected chi connectivity index (χ3v) is 6.48. The summed E-state index contributed by atoms with van der Waals surface area (Å²) in [6.07, 6.45) is 3.17. The minimum atomic E-state index is -3.46. The highest BCUT2D eigenvalue weighted by Crippen LogP contribution is 2.21. The van der Waals surface area contributed by atoms with Crippen LogP contribution in [-0.4, -0.2) is 58.8 Å². The summed E-state index contributed by atoms with van der Waals surface area (Å²) >= 11 is 0. The van der Waals surface area contributed by atoms with Crippen molar-refractivity contribution in [1.29, 1.82) is 0 Å². The molecule has 25 heavy (non-hydrogen) atoms. The fourth-order valence-electron chi connectivity index (χ4n) is 3.01. The Labute approximate surface area is 149 Å². The molecule has 0 saturated carbocycles. The third-order valence-electron chi connectivity index (χ3n) is 4.58. The molecule has 1 N–H and O–H groups in total. The number of hydrogen-bond acceptors (Lipinski definition) is 5. The minimum absolute atomic E-state index is 0.0580. The Morgan fingerprint density at radius 2 is 2.00 bits per heavy atom. The Morgan fingerprint density at radius 3 is 2.72 bits per heavy atom. The first-order chi connectivity index (χ1) is 12.1. The molecule has 0 aliphatic carbocycles. The van der Waals surface area contributed by atoms with Crippen LogP contribution in [0.5, 0.6) is 0 Å². The first kappa shape index (κ1) is 18.5. The highest BCUT2D eigenvalue weighted by atomic mass is 32.2. The van der Waals surface area contributed by atoms with E-state index in [-0.39, 0.29) is 6.04 Å². The van der Waals surface area contributed by atoms with Crippen molar-refractivity contribution in [3.63, 3.8) is 0 Å². The summed E-state index contributed by atoms with van der Waals surface area (Å²) in [4.78, 5) is 0.348. The van der Waals surface area contributed by atoms with Crippen LogP contribution < -0.4 is 5.32 Å². The van der Waals surface area contributed by atoms with Crippen molar-refractivity contribution < 1.29 is 17.9 Å². The predicted molar refractivity (Wildman–Crippen MR) is 96.0 cm³/mol. The van der Waals surface area contributed by atoms with Crippen LogP contribution in [0, 0.1) is 0 Å². The SMILES string of the molecule is CC(NCC1=CCCOC1)c1cccc(S(=O)(=O)N2CCOCC2)c1. The molecule has 7 heteroatoms. The summed E-state index contributed by atoms with van der Waals surface area (Å²) < 4.78 is 37.8. The number of rotatable bonds is 6. The van der Waals surface area contributed by atoms with Crippen molar-refractivity contribution >= 4 is 10.0 Å².